The third kappa shape index (κ3) is 10.5. The first-order valence-electron chi connectivity index (χ1n) is 6.09. The summed E-state index contributed by atoms with van der Waals surface area (Å²) in [5.74, 6) is 0.0246. The number of halogens is 1. The van der Waals surface area contributed by atoms with Gasteiger partial charge in [-0.2, -0.15) is 0 Å². The van der Waals surface area contributed by atoms with Crippen LogP contribution in [0.25, 0.3) is 0 Å². The number of ketones is 1. The number of hydrogen-bond acceptors (Lipinski definition) is 3. The molecule has 0 aliphatic heterocycles. The summed E-state index contributed by atoms with van der Waals surface area (Å²) in [5, 5.41) is 0. The van der Waals surface area contributed by atoms with E-state index in [0.717, 1.165) is 25.7 Å². The van der Waals surface area contributed by atoms with E-state index in [1.54, 1.807) is 6.92 Å². The Balaban J connectivity index is 3.68. The van der Waals surface area contributed by atoms with Gasteiger partial charge in [-0.1, -0.05) is 28.8 Å². The highest BCUT2D eigenvalue weighted by Gasteiger charge is 2.22. The molecular formula is C13H23BrO3. The Morgan fingerprint density at radius 3 is 2.24 bits per heavy atom. The number of rotatable bonds is 7. The van der Waals surface area contributed by atoms with Crippen molar-refractivity contribution >= 4 is 27.7 Å². The van der Waals surface area contributed by atoms with Crippen molar-refractivity contribution in [3.8, 4) is 0 Å². The highest BCUT2D eigenvalue weighted by Crippen LogP contribution is 2.17. The van der Waals surface area contributed by atoms with E-state index in [0.29, 0.717) is 6.42 Å². The Hall–Kier alpha value is -0.380. The highest BCUT2D eigenvalue weighted by atomic mass is 79.9. The van der Waals surface area contributed by atoms with Crippen molar-refractivity contribution in [3.63, 3.8) is 0 Å². The van der Waals surface area contributed by atoms with E-state index in [1.165, 1.54) is 0 Å². The van der Waals surface area contributed by atoms with Crippen LogP contribution in [0, 0.1) is 0 Å². The summed E-state index contributed by atoms with van der Waals surface area (Å²) in [4.78, 5) is 22.1. The van der Waals surface area contributed by atoms with Crippen LogP contribution in [-0.2, 0) is 14.3 Å². The molecule has 0 fully saturated rings. The number of esters is 1. The summed E-state index contributed by atoms with van der Waals surface area (Å²) in [5.41, 5.74) is -0.433. The molecule has 0 aromatic heterocycles. The summed E-state index contributed by atoms with van der Waals surface area (Å²) >= 11 is 3.34. The van der Waals surface area contributed by atoms with Gasteiger partial charge >= 0.3 is 5.97 Å². The van der Waals surface area contributed by atoms with Gasteiger partial charge in [0, 0.05) is 6.42 Å². The van der Waals surface area contributed by atoms with Crippen LogP contribution in [0.1, 0.15) is 59.8 Å². The SMILES string of the molecule is CC(=O)CCCCCC(Br)C(=O)OC(C)(C)C. The van der Waals surface area contributed by atoms with Crippen molar-refractivity contribution < 1.29 is 14.3 Å². The second kappa shape index (κ2) is 7.85. The van der Waals surface area contributed by atoms with Crippen LogP contribution in [0.5, 0.6) is 0 Å². The lowest BCUT2D eigenvalue weighted by atomic mass is 10.1. The van der Waals surface area contributed by atoms with Crippen LogP contribution in [0.15, 0.2) is 0 Å². The normalized spacial score (nSPS) is 13.2. The van der Waals surface area contributed by atoms with Crippen molar-refractivity contribution in [2.24, 2.45) is 0 Å². The summed E-state index contributed by atoms with van der Waals surface area (Å²) in [6, 6.07) is 0. The van der Waals surface area contributed by atoms with Crippen LogP contribution in [-0.4, -0.2) is 22.2 Å². The summed E-state index contributed by atoms with van der Waals surface area (Å²) in [7, 11) is 0. The minimum Gasteiger partial charge on any atom is -0.459 e. The number of alkyl halides is 1. The first-order chi connectivity index (χ1) is 7.72. The van der Waals surface area contributed by atoms with Crippen molar-refractivity contribution in [2.45, 2.75) is 70.2 Å². The van der Waals surface area contributed by atoms with E-state index in [9.17, 15) is 9.59 Å². The third-order valence-electron chi connectivity index (χ3n) is 2.15. The molecule has 0 saturated carbocycles. The molecule has 0 aromatic rings. The Labute approximate surface area is 112 Å². The molecule has 0 aliphatic carbocycles. The predicted octanol–water partition coefficient (Wildman–Crippen LogP) is 3.63. The lowest BCUT2D eigenvalue weighted by Gasteiger charge is -2.21. The first-order valence-corrected chi connectivity index (χ1v) is 7.00. The fourth-order valence-electron chi connectivity index (χ4n) is 1.36. The lowest BCUT2D eigenvalue weighted by molar-refractivity contribution is -0.154. The van der Waals surface area contributed by atoms with Crippen LogP contribution < -0.4 is 0 Å². The zero-order valence-corrected chi connectivity index (χ0v) is 12.8. The molecule has 0 amide bonds. The molecule has 100 valence electrons. The average Bonchev–Trinajstić information content (AvgIpc) is 2.13. The smallest absolute Gasteiger partial charge is 0.320 e. The number of carbonyl (C=O) groups excluding carboxylic acids is 2. The number of carbonyl (C=O) groups is 2. The third-order valence-corrected chi connectivity index (χ3v) is 2.98. The van der Waals surface area contributed by atoms with Crippen LogP contribution in [0.3, 0.4) is 0 Å². The van der Waals surface area contributed by atoms with Gasteiger partial charge in [0.1, 0.15) is 16.2 Å². The molecule has 4 heteroatoms. The Morgan fingerprint density at radius 2 is 1.76 bits per heavy atom. The average molecular weight is 307 g/mol. The zero-order chi connectivity index (χ0) is 13.5. The van der Waals surface area contributed by atoms with Crippen LogP contribution in [0.2, 0.25) is 0 Å². The fourth-order valence-corrected chi connectivity index (χ4v) is 1.78. The van der Waals surface area contributed by atoms with Gasteiger partial charge in [-0.25, -0.2) is 0 Å². The molecule has 0 N–H and O–H groups in total. The maximum absolute atomic E-state index is 11.6. The van der Waals surface area contributed by atoms with Crippen LogP contribution >= 0.6 is 15.9 Å². The Morgan fingerprint density at radius 1 is 1.18 bits per heavy atom. The quantitative estimate of drug-likeness (QED) is 0.410. The maximum Gasteiger partial charge on any atom is 0.320 e. The molecule has 0 spiro atoms. The standard InChI is InChI=1S/C13H23BrO3/c1-10(15)8-6-5-7-9-11(14)12(16)17-13(2,3)4/h11H,5-9H2,1-4H3. The zero-order valence-electron chi connectivity index (χ0n) is 11.2. The van der Waals surface area contributed by atoms with E-state index < -0.39 is 5.60 Å². The molecule has 0 radical (unpaired) electrons. The molecule has 3 nitrogen and oxygen atoms in total. The van der Waals surface area contributed by atoms with Gasteiger partial charge in [0.25, 0.3) is 0 Å². The van der Waals surface area contributed by atoms with Gasteiger partial charge in [0.05, 0.1) is 0 Å². The van der Waals surface area contributed by atoms with Gasteiger partial charge in [0.15, 0.2) is 0 Å². The van der Waals surface area contributed by atoms with Crippen molar-refractivity contribution in [2.75, 3.05) is 0 Å². The second-order valence-corrected chi connectivity index (χ2v) is 6.41. The maximum atomic E-state index is 11.6. The molecule has 0 aromatic carbocycles. The van der Waals surface area contributed by atoms with Gasteiger partial charge in [-0.05, 0) is 40.5 Å². The fraction of sp³-hybridized carbons (Fsp3) is 0.846. The van der Waals surface area contributed by atoms with Crippen molar-refractivity contribution in [1.82, 2.24) is 0 Å². The Bertz CT molecular complexity index is 256. The molecule has 0 heterocycles. The number of ether oxygens (including phenoxy) is 1. The van der Waals surface area contributed by atoms with E-state index >= 15 is 0 Å². The summed E-state index contributed by atoms with van der Waals surface area (Å²) in [6.45, 7) is 7.18. The van der Waals surface area contributed by atoms with E-state index in [1.807, 2.05) is 20.8 Å². The van der Waals surface area contributed by atoms with Gasteiger partial charge in [0.2, 0.25) is 0 Å². The molecule has 1 unspecified atom stereocenters. The summed E-state index contributed by atoms with van der Waals surface area (Å²) in [6.07, 6.45) is 4.21. The van der Waals surface area contributed by atoms with E-state index in [2.05, 4.69) is 15.9 Å². The van der Waals surface area contributed by atoms with Gasteiger partial charge in [-0.3, -0.25) is 4.79 Å². The molecule has 17 heavy (non-hydrogen) atoms. The van der Waals surface area contributed by atoms with Gasteiger partial charge < -0.3 is 9.53 Å². The number of Topliss-reactive ketones (excluding diaryl/α,β-unsaturated/α-hetero) is 1. The van der Waals surface area contributed by atoms with Gasteiger partial charge in [-0.15, -0.1) is 0 Å². The molecule has 0 saturated heterocycles. The predicted molar refractivity (Wildman–Crippen MR) is 72.3 cm³/mol. The first kappa shape index (κ1) is 16.6. The lowest BCUT2D eigenvalue weighted by Crippen LogP contribution is -2.28. The molecule has 0 bridgehead atoms. The van der Waals surface area contributed by atoms with Crippen molar-refractivity contribution in [1.29, 1.82) is 0 Å². The molecule has 0 rings (SSSR count). The molecular weight excluding hydrogens is 284 g/mol. The molecule has 0 aliphatic rings. The van der Waals surface area contributed by atoms with E-state index in [-0.39, 0.29) is 16.6 Å². The number of unbranched alkanes of at least 4 members (excludes halogenated alkanes) is 2. The monoisotopic (exact) mass is 306 g/mol. The van der Waals surface area contributed by atoms with Crippen molar-refractivity contribution in [3.05, 3.63) is 0 Å². The Kier molecular flexibility index (Phi) is 7.68. The van der Waals surface area contributed by atoms with E-state index in [4.69, 9.17) is 4.74 Å². The van der Waals surface area contributed by atoms with Crippen LogP contribution in [0.4, 0.5) is 0 Å². The topological polar surface area (TPSA) is 43.4 Å². The minimum atomic E-state index is -0.433. The molecule has 1 atom stereocenters. The number of hydrogen-bond donors (Lipinski definition) is 0. The minimum absolute atomic E-state index is 0.205. The highest BCUT2D eigenvalue weighted by molar-refractivity contribution is 9.10. The second-order valence-electron chi connectivity index (χ2n) is 5.30. The summed E-state index contributed by atoms with van der Waals surface area (Å²) < 4.78 is 5.25. The largest absolute Gasteiger partial charge is 0.459 e.